The molecule has 4 rings (SSSR count). The molecule has 0 N–H and O–H groups in total. The summed E-state index contributed by atoms with van der Waals surface area (Å²) in [6, 6.07) is 5.58. The molecule has 142 valence electrons. The van der Waals surface area contributed by atoms with Gasteiger partial charge in [-0.1, -0.05) is 0 Å². The molecule has 0 aliphatic heterocycles. The second kappa shape index (κ2) is 7.05. The molecule has 4 heterocycles. The predicted molar refractivity (Wildman–Crippen MR) is 105 cm³/mol. The minimum Gasteiger partial charge on any atom is -0.453 e. The first kappa shape index (κ1) is 18.1. The average Bonchev–Trinajstić information content (AvgIpc) is 3.38. The number of hydrogen-bond acceptors (Lipinski definition) is 6. The van der Waals surface area contributed by atoms with Gasteiger partial charge in [-0.2, -0.15) is 0 Å². The smallest absolute Gasteiger partial charge is 0.359 e. The maximum absolute atomic E-state index is 12.6. The molecule has 0 spiro atoms. The van der Waals surface area contributed by atoms with E-state index in [9.17, 15) is 9.59 Å². The summed E-state index contributed by atoms with van der Waals surface area (Å²) in [4.78, 5) is 33.5. The maximum Gasteiger partial charge on any atom is 0.359 e. The van der Waals surface area contributed by atoms with Gasteiger partial charge < -0.3 is 9.14 Å². The Balaban J connectivity index is 1.49. The number of ketones is 1. The van der Waals surface area contributed by atoms with E-state index in [-0.39, 0.29) is 18.1 Å². The van der Waals surface area contributed by atoms with Crippen molar-refractivity contribution in [2.45, 2.75) is 20.8 Å². The number of aryl methyl sites for hydroxylation is 2. The molecule has 0 saturated heterocycles. The van der Waals surface area contributed by atoms with Gasteiger partial charge in [0.15, 0.2) is 17.4 Å². The Labute approximate surface area is 165 Å². The van der Waals surface area contributed by atoms with Gasteiger partial charge in [0.25, 0.3) is 0 Å². The van der Waals surface area contributed by atoms with Crippen LogP contribution >= 0.6 is 11.3 Å². The number of aromatic nitrogens is 4. The summed E-state index contributed by atoms with van der Waals surface area (Å²) >= 11 is 1.49. The van der Waals surface area contributed by atoms with E-state index in [0.29, 0.717) is 11.2 Å². The molecule has 0 aromatic carbocycles. The molecule has 0 aliphatic rings. The lowest BCUT2D eigenvalue weighted by molar-refractivity contribution is 0.0469. The second-order valence-corrected chi connectivity index (χ2v) is 7.40. The topological polar surface area (TPSA) is 78.5 Å². The Hall–Kier alpha value is -3.26. The normalized spacial score (nSPS) is 11.1. The summed E-state index contributed by atoms with van der Waals surface area (Å²) in [5.74, 6) is -0.882. The fourth-order valence-corrected chi connectivity index (χ4v) is 3.88. The number of hydrogen-bond donors (Lipinski definition) is 0. The molecular weight excluding hydrogens is 376 g/mol. The minimum absolute atomic E-state index is 0.173. The molecule has 4 aromatic heterocycles. The summed E-state index contributed by atoms with van der Waals surface area (Å²) in [7, 11) is 0. The third kappa shape index (κ3) is 3.22. The fourth-order valence-electron chi connectivity index (χ4n) is 3.13. The van der Waals surface area contributed by atoms with Crippen molar-refractivity contribution in [3.63, 3.8) is 0 Å². The SMILES string of the molecule is Cc1ccn2cc(C(=O)OCC(=O)c3cc(C)n(-c4nccs4)c3C)nc2c1. The van der Waals surface area contributed by atoms with Crippen LogP contribution in [0, 0.1) is 20.8 Å². The lowest BCUT2D eigenvalue weighted by atomic mass is 10.1. The Morgan fingerprint density at radius 3 is 2.79 bits per heavy atom. The van der Waals surface area contributed by atoms with Crippen molar-refractivity contribution >= 4 is 28.7 Å². The van der Waals surface area contributed by atoms with E-state index in [2.05, 4.69) is 9.97 Å². The van der Waals surface area contributed by atoms with Crippen molar-refractivity contribution in [2.75, 3.05) is 6.61 Å². The van der Waals surface area contributed by atoms with Gasteiger partial charge in [0.1, 0.15) is 5.65 Å². The van der Waals surface area contributed by atoms with Crippen LogP contribution in [0.1, 0.15) is 37.8 Å². The largest absolute Gasteiger partial charge is 0.453 e. The number of rotatable bonds is 5. The number of esters is 1. The molecule has 0 unspecified atom stereocenters. The number of carbonyl (C=O) groups is 2. The lowest BCUT2D eigenvalue weighted by Crippen LogP contribution is -2.15. The van der Waals surface area contributed by atoms with Gasteiger partial charge in [0.2, 0.25) is 5.78 Å². The molecule has 28 heavy (non-hydrogen) atoms. The quantitative estimate of drug-likeness (QED) is 0.382. The van der Waals surface area contributed by atoms with Gasteiger partial charge >= 0.3 is 5.97 Å². The van der Waals surface area contributed by atoms with Crippen LogP contribution in [0.3, 0.4) is 0 Å². The number of thiazole rings is 1. The Bertz CT molecular complexity index is 1190. The van der Waals surface area contributed by atoms with Gasteiger partial charge in [-0.3, -0.25) is 9.36 Å². The first-order valence-corrected chi connectivity index (χ1v) is 9.56. The number of fused-ring (bicyclic) bond motifs is 1. The molecule has 8 heteroatoms. The summed E-state index contributed by atoms with van der Waals surface area (Å²) < 4.78 is 8.88. The second-order valence-electron chi connectivity index (χ2n) is 6.53. The van der Waals surface area contributed by atoms with Gasteiger partial charge in [-0.15, -0.1) is 11.3 Å². The summed E-state index contributed by atoms with van der Waals surface area (Å²) in [5, 5.41) is 2.68. The third-order valence-electron chi connectivity index (χ3n) is 4.50. The van der Waals surface area contributed by atoms with Crippen molar-refractivity contribution in [3.05, 3.63) is 70.4 Å². The van der Waals surface area contributed by atoms with Crippen molar-refractivity contribution in [2.24, 2.45) is 0 Å². The van der Waals surface area contributed by atoms with Crippen LogP contribution < -0.4 is 0 Å². The monoisotopic (exact) mass is 394 g/mol. The van der Waals surface area contributed by atoms with Crippen LogP contribution in [0.15, 0.2) is 42.2 Å². The molecule has 0 bridgehead atoms. The molecule has 0 aliphatic carbocycles. The van der Waals surface area contributed by atoms with Crippen LogP contribution in [-0.2, 0) is 4.74 Å². The number of pyridine rings is 1. The van der Waals surface area contributed by atoms with E-state index in [1.54, 1.807) is 22.9 Å². The first-order valence-electron chi connectivity index (χ1n) is 8.68. The van der Waals surface area contributed by atoms with Crippen molar-refractivity contribution in [3.8, 4) is 5.13 Å². The number of ether oxygens (including phenoxy) is 1. The van der Waals surface area contributed by atoms with Crippen LogP contribution in [0.5, 0.6) is 0 Å². The molecule has 4 aromatic rings. The zero-order valence-corrected chi connectivity index (χ0v) is 16.5. The predicted octanol–water partition coefficient (Wildman–Crippen LogP) is 3.55. The number of imidazole rings is 1. The van der Waals surface area contributed by atoms with E-state index in [1.807, 2.05) is 49.0 Å². The lowest BCUT2D eigenvalue weighted by Gasteiger charge is -2.06. The van der Waals surface area contributed by atoms with Gasteiger partial charge in [-0.05, 0) is 44.5 Å². The summed E-state index contributed by atoms with van der Waals surface area (Å²) in [6.45, 7) is 5.38. The Morgan fingerprint density at radius 2 is 2.04 bits per heavy atom. The zero-order valence-electron chi connectivity index (χ0n) is 15.7. The van der Waals surface area contributed by atoms with Crippen LogP contribution in [0.2, 0.25) is 0 Å². The van der Waals surface area contributed by atoms with Crippen molar-refractivity contribution in [1.82, 2.24) is 18.9 Å². The van der Waals surface area contributed by atoms with Crippen LogP contribution in [0.4, 0.5) is 0 Å². The van der Waals surface area contributed by atoms with Gasteiger partial charge in [-0.25, -0.2) is 14.8 Å². The molecule has 0 radical (unpaired) electrons. The highest BCUT2D eigenvalue weighted by Crippen LogP contribution is 2.22. The molecular formula is C20H18N4O3S. The fraction of sp³-hybridized carbons (Fsp3) is 0.200. The number of carbonyl (C=O) groups excluding carboxylic acids is 2. The van der Waals surface area contributed by atoms with E-state index >= 15 is 0 Å². The Morgan fingerprint density at radius 1 is 1.21 bits per heavy atom. The Kier molecular flexibility index (Phi) is 4.56. The van der Waals surface area contributed by atoms with Gasteiger partial charge in [0.05, 0.1) is 0 Å². The zero-order chi connectivity index (χ0) is 19.8. The van der Waals surface area contributed by atoms with E-state index < -0.39 is 5.97 Å². The molecule has 0 atom stereocenters. The standard InChI is InChI=1S/C20H18N4O3S/c1-12-4-6-23-10-16(22-18(23)8-12)19(26)27-11-17(25)15-9-13(2)24(14(15)3)20-21-5-7-28-20/h4-10H,11H2,1-3H3. The highest BCUT2D eigenvalue weighted by molar-refractivity contribution is 7.12. The van der Waals surface area contributed by atoms with Crippen LogP contribution in [0.25, 0.3) is 10.8 Å². The molecule has 0 amide bonds. The number of nitrogens with zero attached hydrogens (tertiary/aromatic N) is 4. The average molecular weight is 394 g/mol. The molecule has 7 nitrogen and oxygen atoms in total. The first-order chi connectivity index (χ1) is 13.4. The molecule has 0 fully saturated rings. The highest BCUT2D eigenvalue weighted by Gasteiger charge is 2.20. The third-order valence-corrected chi connectivity index (χ3v) is 5.26. The van der Waals surface area contributed by atoms with Crippen LogP contribution in [-0.4, -0.2) is 37.3 Å². The van der Waals surface area contributed by atoms with Crippen molar-refractivity contribution in [1.29, 1.82) is 0 Å². The van der Waals surface area contributed by atoms with Gasteiger partial charge in [0, 0.05) is 40.9 Å². The summed E-state index contributed by atoms with van der Waals surface area (Å²) in [6.07, 6.45) is 5.14. The van der Waals surface area contributed by atoms with Crippen molar-refractivity contribution < 1.29 is 14.3 Å². The highest BCUT2D eigenvalue weighted by atomic mass is 32.1. The summed E-state index contributed by atoms with van der Waals surface area (Å²) in [5.41, 5.74) is 4.07. The van der Waals surface area contributed by atoms with E-state index in [0.717, 1.165) is 22.1 Å². The minimum atomic E-state index is -0.622. The molecule has 0 saturated carbocycles. The van der Waals surface area contributed by atoms with E-state index in [1.165, 1.54) is 11.3 Å². The van der Waals surface area contributed by atoms with E-state index in [4.69, 9.17) is 4.74 Å². The number of Topliss-reactive ketones (excluding diaryl/α,β-unsaturated/α-hetero) is 1. The maximum atomic E-state index is 12.6.